The van der Waals surface area contributed by atoms with Gasteiger partial charge >= 0.3 is 24.1 Å². The van der Waals surface area contributed by atoms with Gasteiger partial charge in [-0.1, -0.05) is 23.8 Å². The van der Waals surface area contributed by atoms with Crippen LogP contribution in [0.25, 0.3) is 0 Å². The smallest absolute Gasteiger partial charge is 0.408 e. The largest absolute Gasteiger partial charge is 0.426 e. The van der Waals surface area contributed by atoms with Gasteiger partial charge in [0.2, 0.25) is 0 Å². The number of nitrogens with one attached hydrogen (secondary N) is 1. The van der Waals surface area contributed by atoms with E-state index in [-0.39, 0.29) is 0 Å². The SMILES string of the molecule is CC(=O)Oc1ccccc1C(=O)N(OC(F)(F)CF)OC(F)(F)C(F)CC1CCCCN1. The highest BCUT2D eigenvalue weighted by molar-refractivity contribution is 5.96. The number of alkyl halides is 6. The molecule has 180 valence electrons. The summed E-state index contributed by atoms with van der Waals surface area (Å²) >= 11 is 0. The van der Waals surface area contributed by atoms with Gasteiger partial charge in [0, 0.05) is 19.4 Å². The average Bonchev–Trinajstić information content (AvgIpc) is 2.73. The van der Waals surface area contributed by atoms with Gasteiger partial charge in [-0.25, -0.2) is 8.78 Å². The number of carbonyl (C=O) groups excluding carboxylic acids is 2. The summed E-state index contributed by atoms with van der Waals surface area (Å²) in [6.45, 7) is -1.04. The standard InChI is InChI=1S/C19H22F6N2O5/c1-12(28)30-15-8-3-2-7-14(15)17(29)27(31-18(22,23)11-20)32-19(24,25)16(21)10-13-6-4-5-9-26-13/h2-3,7-8,13,16,26H,4-6,9-11H2,1H3. The van der Waals surface area contributed by atoms with Crippen molar-refractivity contribution in [3.63, 3.8) is 0 Å². The molecule has 2 unspecified atom stereocenters. The van der Waals surface area contributed by atoms with E-state index in [4.69, 9.17) is 4.74 Å². The predicted molar refractivity (Wildman–Crippen MR) is 97.1 cm³/mol. The van der Waals surface area contributed by atoms with Crippen molar-refractivity contribution in [2.75, 3.05) is 13.2 Å². The number of halogens is 6. The molecule has 0 spiro atoms. The monoisotopic (exact) mass is 472 g/mol. The van der Waals surface area contributed by atoms with E-state index in [1.807, 2.05) is 0 Å². The Kier molecular flexibility index (Phi) is 8.87. The normalized spacial score (nSPS) is 18.2. The minimum absolute atomic E-state index is 0.408. The number of piperidine rings is 1. The second kappa shape index (κ2) is 11.0. The minimum atomic E-state index is -4.79. The Morgan fingerprint density at radius 2 is 1.88 bits per heavy atom. The third-order valence-electron chi connectivity index (χ3n) is 4.38. The molecule has 7 nitrogen and oxygen atoms in total. The zero-order valence-corrected chi connectivity index (χ0v) is 17.0. The molecule has 1 aliphatic heterocycles. The molecule has 1 aliphatic rings. The molecule has 1 saturated heterocycles. The average molecular weight is 472 g/mol. The highest BCUT2D eigenvalue weighted by Crippen LogP contribution is 2.32. The first-order chi connectivity index (χ1) is 14.9. The summed E-state index contributed by atoms with van der Waals surface area (Å²) in [5.74, 6) is -3.23. The van der Waals surface area contributed by atoms with Gasteiger partial charge in [-0.3, -0.25) is 9.59 Å². The molecule has 2 rings (SSSR count). The molecule has 1 aromatic rings. The van der Waals surface area contributed by atoms with Gasteiger partial charge in [0.1, 0.15) is 5.75 Å². The summed E-state index contributed by atoms with van der Waals surface area (Å²) in [4.78, 5) is 31.4. The molecule has 32 heavy (non-hydrogen) atoms. The second-order valence-corrected chi connectivity index (χ2v) is 7.02. The molecular formula is C19H22F6N2O5. The van der Waals surface area contributed by atoms with Gasteiger partial charge < -0.3 is 10.1 Å². The van der Waals surface area contributed by atoms with E-state index < -0.39 is 65.9 Å². The van der Waals surface area contributed by atoms with Crippen LogP contribution >= 0.6 is 0 Å². The minimum Gasteiger partial charge on any atom is -0.426 e. The zero-order valence-electron chi connectivity index (χ0n) is 17.0. The Morgan fingerprint density at radius 1 is 1.19 bits per heavy atom. The van der Waals surface area contributed by atoms with Crippen molar-refractivity contribution in [2.45, 2.75) is 57.0 Å². The first kappa shape index (κ1) is 25.9. The lowest BCUT2D eigenvalue weighted by atomic mass is 9.99. The number of hydrogen-bond acceptors (Lipinski definition) is 6. The first-order valence-corrected chi connectivity index (χ1v) is 9.64. The molecule has 0 aliphatic carbocycles. The van der Waals surface area contributed by atoms with Crippen LogP contribution in [0.3, 0.4) is 0 Å². The number of para-hydroxylation sites is 1. The highest BCUT2D eigenvalue weighted by Gasteiger charge is 2.49. The number of amides is 1. The van der Waals surface area contributed by atoms with E-state index in [9.17, 15) is 35.9 Å². The van der Waals surface area contributed by atoms with Crippen molar-refractivity contribution in [3.8, 4) is 5.75 Å². The van der Waals surface area contributed by atoms with Crippen LogP contribution in [0.15, 0.2) is 24.3 Å². The van der Waals surface area contributed by atoms with Gasteiger partial charge in [0.05, 0.1) is 5.56 Å². The molecule has 1 fully saturated rings. The molecule has 1 amide bonds. The lowest BCUT2D eigenvalue weighted by molar-refractivity contribution is -0.497. The molecule has 1 N–H and O–H groups in total. The van der Waals surface area contributed by atoms with Crippen LogP contribution in [0.4, 0.5) is 26.3 Å². The van der Waals surface area contributed by atoms with Crippen LogP contribution in [0.1, 0.15) is 43.0 Å². The maximum absolute atomic E-state index is 14.4. The fourth-order valence-corrected chi connectivity index (χ4v) is 2.91. The summed E-state index contributed by atoms with van der Waals surface area (Å²) in [5.41, 5.74) is -0.711. The summed E-state index contributed by atoms with van der Waals surface area (Å²) in [5, 5.41) is 1.84. The van der Waals surface area contributed by atoms with Gasteiger partial charge in [-0.15, -0.1) is 0 Å². The predicted octanol–water partition coefficient (Wildman–Crippen LogP) is 3.94. The van der Waals surface area contributed by atoms with Gasteiger partial charge in [0.15, 0.2) is 12.8 Å². The topological polar surface area (TPSA) is 77.1 Å². The Balaban J connectivity index is 2.26. The maximum atomic E-state index is 14.4. The van der Waals surface area contributed by atoms with Crippen molar-refractivity contribution < 1.29 is 50.3 Å². The molecule has 0 aromatic heterocycles. The van der Waals surface area contributed by atoms with Crippen LogP contribution in [0, 0.1) is 0 Å². The van der Waals surface area contributed by atoms with E-state index in [1.54, 1.807) is 0 Å². The fraction of sp³-hybridized carbons (Fsp3) is 0.579. The summed E-state index contributed by atoms with van der Waals surface area (Å²) in [6.07, 6.45) is -11.4. The van der Waals surface area contributed by atoms with E-state index in [0.717, 1.165) is 25.5 Å². The van der Waals surface area contributed by atoms with Crippen LogP contribution in [0.2, 0.25) is 0 Å². The Bertz CT molecular complexity index is 791. The van der Waals surface area contributed by atoms with E-state index in [2.05, 4.69) is 15.0 Å². The van der Waals surface area contributed by atoms with Crippen molar-refractivity contribution in [1.29, 1.82) is 0 Å². The highest BCUT2D eigenvalue weighted by atomic mass is 19.3. The van der Waals surface area contributed by atoms with Gasteiger partial charge in [-0.05, 0) is 31.5 Å². The number of carbonyl (C=O) groups is 2. The maximum Gasteiger partial charge on any atom is 0.408 e. The number of hydroxylamine groups is 2. The number of hydrogen-bond donors (Lipinski definition) is 1. The molecule has 1 heterocycles. The Hall–Kier alpha value is -2.38. The first-order valence-electron chi connectivity index (χ1n) is 9.64. The summed E-state index contributed by atoms with van der Waals surface area (Å²) in [6, 6.07) is 3.85. The van der Waals surface area contributed by atoms with Gasteiger partial charge in [0.25, 0.3) is 0 Å². The molecular weight excluding hydrogens is 450 g/mol. The lowest BCUT2D eigenvalue weighted by Gasteiger charge is -2.31. The second-order valence-electron chi connectivity index (χ2n) is 7.02. The van der Waals surface area contributed by atoms with Crippen LogP contribution < -0.4 is 10.1 Å². The van der Waals surface area contributed by atoms with Crippen LogP contribution in [-0.4, -0.2) is 54.8 Å². The zero-order chi connectivity index (χ0) is 23.9. The molecule has 0 radical (unpaired) electrons. The number of benzene rings is 1. The van der Waals surface area contributed by atoms with E-state index in [0.29, 0.717) is 19.4 Å². The molecule has 13 heteroatoms. The third-order valence-corrected chi connectivity index (χ3v) is 4.38. The fourth-order valence-electron chi connectivity index (χ4n) is 2.91. The van der Waals surface area contributed by atoms with Crippen molar-refractivity contribution in [2.24, 2.45) is 0 Å². The third kappa shape index (κ3) is 7.35. The van der Waals surface area contributed by atoms with Crippen molar-refractivity contribution >= 4 is 11.9 Å². The van der Waals surface area contributed by atoms with Crippen molar-refractivity contribution in [3.05, 3.63) is 29.8 Å². The molecule has 1 aromatic carbocycles. The number of ether oxygens (including phenoxy) is 1. The molecule has 0 saturated carbocycles. The van der Waals surface area contributed by atoms with Gasteiger partial charge in [-0.2, -0.15) is 27.2 Å². The van der Waals surface area contributed by atoms with Crippen molar-refractivity contribution in [1.82, 2.24) is 10.5 Å². The number of nitrogens with zero attached hydrogens (tertiary/aromatic N) is 1. The Morgan fingerprint density at radius 3 is 2.47 bits per heavy atom. The number of rotatable bonds is 10. The molecule has 2 atom stereocenters. The van der Waals surface area contributed by atoms with E-state index in [1.165, 1.54) is 12.1 Å². The van der Waals surface area contributed by atoms with E-state index >= 15 is 0 Å². The quantitative estimate of drug-likeness (QED) is 0.241. The summed E-state index contributed by atoms with van der Waals surface area (Å²) < 4.78 is 87.2. The number of esters is 1. The van der Waals surface area contributed by atoms with Crippen LogP contribution in [-0.2, 0) is 14.5 Å². The van der Waals surface area contributed by atoms with Crippen LogP contribution in [0.5, 0.6) is 5.75 Å². The Labute approximate surface area is 179 Å². The lowest BCUT2D eigenvalue weighted by Crippen LogP contribution is -2.48. The molecule has 0 bridgehead atoms. The summed E-state index contributed by atoms with van der Waals surface area (Å²) in [7, 11) is 0.